The fraction of sp³-hybridized carbons (Fsp3) is 0.0909. The molecule has 0 unspecified atom stereocenters. The quantitative estimate of drug-likeness (QED) is 0.710. The molecule has 0 saturated carbocycles. The number of benzene rings is 2. The summed E-state index contributed by atoms with van der Waals surface area (Å²) in [6.45, 7) is 7.01. The molecule has 0 aromatic heterocycles. The lowest BCUT2D eigenvalue weighted by atomic mass is 10.2. The van der Waals surface area contributed by atoms with Gasteiger partial charge in [-0.3, -0.25) is 4.79 Å². The summed E-state index contributed by atoms with van der Waals surface area (Å²) in [5.74, 6) is 0.203. The van der Waals surface area contributed by atoms with Crippen molar-refractivity contribution in [1.29, 1.82) is 0 Å². The van der Waals surface area contributed by atoms with Gasteiger partial charge in [-0.1, -0.05) is 36.9 Å². The van der Waals surface area contributed by atoms with Crippen LogP contribution in [0, 0.1) is 0 Å². The largest absolute Gasteiger partial charge is 0.424 e. The molecule has 0 atom stereocenters. The van der Waals surface area contributed by atoms with Gasteiger partial charge < -0.3 is 10.1 Å². The molecular weight excluding hydrogens is 340 g/mol. The van der Waals surface area contributed by atoms with Crippen LogP contribution in [-0.4, -0.2) is 12.0 Å². The van der Waals surface area contributed by atoms with Gasteiger partial charge in [0, 0.05) is 12.6 Å². The van der Waals surface area contributed by atoms with E-state index < -0.39 is 6.09 Å². The third-order valence-electron chi connectivity index (χ3n) is 3.46. The van der Waals surface area contributed by atoms with Crippen molar-refractivity contribution in [3.8, 4) is 5.75 Å². The first kappa shape index (κ1) is 19.7. The molecule has 0 bridgehead atoms. The van der Waals surface area contributed by atoms with Crippen LogP contribution in [0.3, 0.4) is 0 Å². The van der Waals surface area contributed by atoms with Gasteiger partial charge in [0.2, 0.25) is 5.91 Å². The Balaban J connectivity index is 2.30. The maximum absolute atomic E-state index is 12.9. The molecule has 1 N–H and O–H groups in total. The predicted molar refractivity (Wildman–Crippen MR) is 109 cm³/mol. The van der Waals surface area contributed by atoms with E-state index in [2.05, 4.69) is 11.9 Å². The summed E-state index contributed by atoms with van der Waals surface area (Å²) in [7, 11) is 0. The summed E-state index contributed by atoms with van der Waals surface area (Å²) in [5, 5.41) is 2.67. The number of anilines is 2. The van der Waals surface area contributed by atoms with Gasteiger partial charge in [0.25, 0.3) is 0 Å². The molecule has 2 aromatic rings. The van der Waals surface area contributed by atoms with E-state index in [9.17, 15) is 9.59 Å². The second-order valence-corrected chi connectivity index (χ2v) is 5.57. The highest BCUT2D eigenvalue weighted by atomic mass is 16.6. The highest BCUT2D eigenvalue weighted by molar-refractivity contribution is 5.93. The Morgan fingerprint density at radius 1 is 1.07 bits per heavy atom. The molecule has 5 heteroatoms. The topological polar surface area (TPSA) is 58.6 Å². The van der Waals surface area contributed by atoms with Crippen LogP contribution in [0.2, 0.25) is 0 Å². The maximum atomic E-state index is 12.9. The number of nitrogens with one attached hydrogen (secondary N) is 1. The highest BCUT2D eigenvalue weighted by Crippen LogP contribution is 2.23. The first-order chi connectivity index (χ1) is 13.0. The lowest BCUT2D eigenvalue weighted by Gasteiger charge is -2.23. The SMILES string of the molecule is C=C/C=C(\C=C\C)N(C(=O)Oc1ccc(NC(C)=O)cc1)c1ccccc1. The van der Waals surface area contributed by atoms with Gasteiger partial charge >= 0.3 is 6.09 Å². The zero-order chi connectivity index (χ0) is 19.6. The van der Waals surface area contributed by atoms with E-state index in [-0.39, 0.29) is 5.91 Å². The van der Waals surface area contributed by atoms with Crippen LogP contribution in [0.5, 0.6) is 5.75 Å². The molecule has 2 rings (SSSR count). The number of para-hydroxylation sites is 1. The first-order valence-electron chi connectivity index (χ1n) is 8.45. The number of carbonyl (C=O) groups excluding carboxylic acids is 2. The molecule has 0 radical (unpaired) electrons. The Bertz CT molecular complexity index is 853. The average Bonchev–Trinajstić information content (AvgIpc) is 2.64. The van der Waals surface area contributed by atoms with Crippen LogP contribution in [0.4, 0.5) is 16.2 Å². The maximum Gasteiger partial charge on any atom is 0.424 e. The minimum Gasteiger partial charge on any atom is -0.410 e. The van der Waals surface area contributed by atoms with Gasteiger partial charge in [-0.15, -0.1) is 0 Å². The van der Waals surface area contributed by atoms with E-state index in [1.807, 2.05) is 43.3 Å². The minimum absolute atomic E-state index is 0.166. The molecule has 0 aliphatic rings. The number of allylic oxidation sites excluding steroid dienone is 4. The molecule has 27 heavy (non-hydrogen) atoms. The lowest BCUT2D eigenvalue weighted by molar-refractivity contribution is -0.114. The summed E-state index contributed by atoms with van der Waals surface area (Å²) in [4.78, 5) is 25.4. The van der Waals surface area contributed by atoms with Crippen LogP contribution < -0.4 is 15.0 Å². The van der Waals surface area contributed by atoms with Crippen molar-refractivity contribution in [2.24, 2.45) is 0 Å². The fourth-order valence-corrected chi connectivity index (χ4v) is 2.39. The highest BCUT2D eigenvalue weighted by Gasteiger charge is 2.20. The van der Waals surface area contributed by atoms with Crippen molar-refractivity contribution in [1.82, 2.24) is 0 Å². The van der Waals surface area contributed by atoms with E-state index in [1.54, 1.807) is 42.5 Å². The molecule has 0 aliphatic carbocycles. The Morgan fingerprint density at radius 3 is 2.30 bits per heavy atom. The van der Waals surface area contributed by atoms with E-state index in [0.717, 1.165) is 0 Å². The smallest absolute Gasteiger partial charge is 0.410 e. The van der Waals surface area contributed by atoms with E-state index >= 15 is 0 Å². The molecular formula is C22H22N2O3. The molecule has 0 heterocycles. The zero-order valence-corrected chi connectivity index (χ0v) is 15.4. The van der Waals surface area contributed by atoms with Crippen molar-refractivity contribution in [2.75, 3.05) is 10.2 Å². The van der Waals surface area contributed by atoms with Crippen LogP contribution in [0.25, 0.3) is 0 Å². The van der Waals surface area contributed by atoms with E-state index in [0.29, 0.717) is 22.8 Å². The monoisotopic (exact) mass is 362 g/mol. The number of nitrogens with zero attached hydrogens (tertiary/aromatic N) is 1. The second kappa shape index (κ2) is 9.77. The summed E-state index contributed by atoms with van der Waals surface area (Å²) >= 11 is 0. The Kier molecular flexibility index (Phi) is 7.14. The zero-order valence-electron chi connectivity index (χ0n) is 15.4. The molecule has 0 spiro atoms. The Labute approximate surface area is 159 Å². The third kappa shape index (κ3) is 5.71. The Morgan fingerprint density at radius 2 is 1.74 bits per heavy atom. The van der Waals surface area contributed by atoms with Crippen molar-refractivity contribution in [2.45, 2.75) is 13.8 Å². The van der Waals surface area contributed by atoms with E-state index in [4.69, 9.17) is 4.74 Å². The van der Waals surface area contributed by atoms with Gasteiger partial charge in [0.1, 0.15) is 5.75 Å². The van der Waals surface area contributed by atoms with Gasteiger partial charge in [0.15, 0.2) is 0 Å². The van der Waals surface area contributed by atoms with Crippen LogP contribution >= 0.6 is 0 Å². The number of ether oxygens (including phenoxy) is 1. The van der Waals surface area contributed by atoms with Gasteiger partial charge in [0.05, 0.1) is 11.4 Å². The van der Waals surface area contributed by atoms with Gasteiger partial charge in [-0.25, -0.2) is 9.69 Å². The molecule has 0 fully saturated rings. The van der Waals surface area contributed by atoms with Gasteiger partial charge in [-0.2, -0.15) is 0 Å². The molecule has 2 amide bonds. The van der Waals surface area contributed by atoms with Crippen LogP contribution in [0.1, 0.15) is 13.8 Å². The normalized spacial score (nSPS) is 11.1. The summed E-state index contributed by atoms with van der Waals surface area (Å²) in [6.07, 6.45) is 6.42. The average molecular weight is 362 g/mol. The van der Waals surface area contributed by atoms with Crippen LogP contribution in [0.15, 0.2) is 91.2 Å². The summed E-state index contributed by atoms with van der Waals surface area (Å²) in [5.41, 5.74) is 1.92. The fourth-order valence-electron chi connectivity index (χ4n) is 2.39. The molecule has 138 valence electrons. The number of rotatable bonds is 6. The number of hydrogen-bond donors (Lipinski definition) is 1. The van der Waals surface area contributed by atoms with Gasteiger partial charge in [-0.05, 0) is 55.5 Å². The van der Waals surface area contributed by atoms with Crippen molar-refractivity contribution >= 4 is 23.4 Å². The van der Waals surface area contributed by atoms with Crippen molar-refractivity contribution < 1.29 is 14.3 Å². The molecule has 2 aromatic carbocycles. The number of carbonyl (C=O) groups is 2. The number of hydrogen-bond acceptors (Lipinski definition) is 3. The Hall–Kier alpha value is -3.60. The minimum atomic E-state index is -0.556. The standard InChI is InChI=1S/C22H22N2O3/c1-4-9-19(10-5-2)24(20-11-7-6-8-12-20)22(26)27-21-15-13-18(14-16-21)23-17(3)25/h4-16H,1H2,2-3H3,(H,23,25)/b10-5+,19-9+. The lowest BCUT2D eigenvalue weighted by Crippen LogP contribution is -2.32. The van der Waals surface area contributed by atoms with Crippen molar-refractivity contribution in [3.05, 3.63) is 91.2 Å². The summed E-state index contributed by atoms with van der Waals surface area (Å²) < 4.78 is 5.53. The molecule has 0 aliphatic heterocycles. The van der Waals surface area contributed by atoms with E-state index in [1.165, 1.54) is 11.8 Å². The summed E-state index contributed by atoms with van der Waals surface area (Å²) in [6, 6.07) is 15.8. The first-order valence-corrected chi connectivity index (χ1v) is 8.45. The number of amides is 2. The molecule has 5 nitrogen and oxygen atoms in total. The molecule has 0 saturated heterocycles. The van der Waals surface area contributed by atoms with Crippen molar-refractivity contribution in [3.63, 3.8) is 0 Å². The third-order valence-corrected chi connectivity index (χ3v) is 3.46. The van der Waals surface area contributed by atoms with Crippen LogP contribution in [-0.2, 0) is 4.79 Å². The second-order valence-electron chi connectivity index (χ2n) is 5.57. The predicted octanol–water partition coefficient (Wildman–Crippen LogP) is 5.30.